The van der Waals surface area contributed by atoms with Gasteiger partial charge in [-0.1, -0.05) is 19.8 Å². The van der Waals surface area contributed by atoms with Gasteiger partial charge >= 0.3 is 0 Å². The summed E-state index contributed by atoms with van der Waals surface area (Å²) < 4.78 is 27.6. The van der Waals surface area contributed by atoms with Gasteiger partial charge in [-0.15, -0.1) is 0 Å². The van der Waals surface area contributed by atoms with Crippen molar-refractivity contribution < 1.29 is 8.42 Å². The first-order valence-corrected chi connectivity index (χ1v) is 8.19. The molecular formula is C10H17N3O2S2. The first-order chi connectivity index (χ1) is 8.04. The van der Waals surface area contributed by atoms with Crippen molar-refractivity contribution in [2.45, 2.75) is 31.1 Å². The molecule has 1 aromatic rings. The lowest BCUT2D eigenvalue weighted by Crippen LogP contribution is -2.10. The molecule has 17 heavy (non-hydrogen) atoms. The number of hydrogen-bond acceptors (Lipinski definition) is 6. The summed E-state index contributed by atoms with van der Waals surface area (Å²) in [4.78, 5) is 0.181. The molecule has 0 saturated heterocycles. The van der Waals surface area contributed by atoms with Crippen molar-refractivity contribution in [2.24, 2.45) is 5.92 Å². The van der Waals surface area contributed by atoms with Gasteiger partial charge in [0.1, 0.15) is 9.90 Å². The van der Waals surface area contributed by atoms with Crippen molar-refractivity contribution in [1.82, 2.24) is 4.37 Å². The Hall–Kier alpha value is -0.820. The molecule has 2 rings (SSSR count). The largest absolute Gasteiger partial charge is 0.382 e. The van der Waals surface area contributed by atoms with Gasteiger partial charge in [0.2, 0.25) is 0 Å². The number of nitrogen functional groups attached to an aromatic ring is 1. The first kappa shape index (κ1) is 12.6. The van der Waals surface area contributed by atoms with Gasteiger partial charge in [0.05, 0.1) is 5.75 Å². The van der Waals surface area contributed by atoms with Crippen LogP contribution in [0.2, 0.25) is 0 Å². The molecule has 1 aromatic heterocycles. The molecule has 5 nitrogen and oxygen atoms in total. The van der Waals surface area contributed by atoms with Crippen molar-refractivity contribution in [3.63, 3.8) is 0 Å². The van der Waals surface area contributed by atoms with Crippen molar-refractivity contribution in [3.05, 3.63) is 0 Å². The fraction of sp³-hybridized carbons (Fsp3) is 0.700. The van der Waals surface area contributed by atoms with E-state index in [-0.39, 0.29) is 16.5 Å². The van der Waals surface area contributed by atoms with Gasteiger partial charge in [0, 0.05) is 6.54 Å². The number of aromatic nitrogens is 1. The number of hydrogen-bond donors (Lipinski definition) is 2. The Balaban J connectivity index is 2.10. The zero-order chi connectivity index (χ0) is 12.5. The van der Waals surface area contributed by atoms with Gasteiger partial charge in [-0.05, 0) is 23.9 Å². The van der Waals surface area contributed by atoms with Crippen molar-refractivity contribution in [1.29, 1.82) is 0 Å². The maximum atomic E-state index is 11.9. The second-order valence-corrected chi connectivity index (χ2v) is 7.28. The molecule has 1 heterocycles. The monoisotopic (exact) mass is 275 g/mol. The molecule has 0 unspecified atom stereocenters. The fourth-order valence-electron chi connectivity index (χ4n) is 1.65. The summed E-state index contributed by atoms with van der Waals surface area (Å²) >= 11 is 1.13. The van der Waals surface area contributed by atoms with Crippen LogP contribution in [0.5, 0.6) is 0 Å². The zero-order valence-electron chi connectivity index (χ0n) is 9.77. The molecule has 0 aliphatic heterocycles. The lowest BCUT2D eigenvalue weighted by molar-refractivity contribution is 0.598. The van der Waals surface area contributed by atoms with E-state index in [9.17, 15) is 8.42 Å². The Labute approximate surface area is 105 Å². The van der Waals surface area contributed by atoms with Crippen LogP contribution < -0.4 is 11.1 Å². The van der Waals surface area contributed by atoms with Crippen LogP contribution in [0.3, 0.4) is 0 Å². The molecule has 0 radical (unpaired) electrons. The average molecular weight is 275 g/mol. The van der Waals surface area contributed by atoms with Crippen LogP contribution in [0, 0.1) is 5.92 Å². The normalized spacial score (nSPS) is 16.1. The Morgan fingerprint density at radius 3 is 2.82 bits per heavy atom. The van der Waals surface area contributed by atoms with E-state index >= 15 is 0 Å². The van der Waals surface area contributed by atoms with E-state index in [4.69, 9.17) is 5.73 Å². The number of sulfone groups is 1. The summed E-state index contributed by atoms with van der Waals surface area (Å²) in [6.45, 7) is 2.40. The first-order valence-electron chi connectivity index (χ1n) is 5.76. The second-order valence-electron chi connectivity index (χ2n) is 4.29. The highest BCUT2D eigenvalue weighted by Gasteiger charge is 2.25. The lowest BCUT2D eigenvalue weighted by atomic mass is 10.3. The fourth-order valence-corrected chi connectivity index (χ4v) is 3.84. The molecule has 96 valence electrons. The summed E-state index contributed by atoms with van der Waals surface area (Å²) in [5, 5.41) is 3.73. The smallest absolute Gasteiger partial charge is 0.184 e. The molecular weight excluding hydrogens is 258 g/mol. The Bertz CT molecular complexity index is 492. The highest BCUT2D eigenvalue weighted by Crippen LogP contribution is 2.34. The number of rotatable bonds is 6. The maximum absolute atomic E-state index is 11.9. The van der Waals surface area contributed by atoms with Crippen molar-refractivity contribution >= 4 is 32.2 Å². The second kappa shape index (κ2) is 4.81. The Morgan fingerprint density at radius 2 is 2.24 bits per heavy atom. The van der Waals surface area contributed by atoms with Gasteiger partial charge in [0.25, 0.3) is 0 Å². The minimum atomic E-state index is -3.29. The van der Waals surface area contributed by atoms with Gasteiger partial charge in [-0.25, -0.2) is 8.42 Å². The number of nitrogens with two attached hydrogens (primary N) is 1. The van der Waals surface area contributed by atoms with E-state index in [0.29, 0.717) is 5.00 Å². The summed E-state index contributed by atoms with van der Waals surface area (Å²) in [5.41, 5.74) is 5.63. The van der Waals surface area contributed by atoms with Gasteiger partial charge in [0.15, 0.2) is 15.7 Å². The van der Waals surface area contributed by atoms with Crippen LogP contribution in [0.25, 0.3) is 0 Å². The molecule has 0 bridgehead atoms. The molecule has 0 spiro atoms. The quantitative estimate of drug-likeness (QED) is 0.826. The Morgan fingerprint density at radius 1 is 1.53 bits per heavy atom. The van der Waals surface area contributed by atoms with Crippen LogP contribution in [0.4, 0.5) is 10.8 Å². The molecule has 1 saturated carbocycles. The zero-order valence-corrected chi connectivity index (χ0v) is 11.4. The highest BCUT2D eigenvalue weighted by molar-refractivity contribution is 7.91. The minimum Gasteiger partial charge on any atom is -0.382 e. The topological polar surface area (TPSA) is 85.1 Å². The van der Waals surface area contributed by atoms with E-state index in [2.05, 4.69) is 9.69 Å². The van der Waals surface area contributed by atoms with Gasteiger partial charge < -0.3 is 11.1 Å². The van der Waals surface area contributed by atoms with E-state index in [1.807, 2.05) is 0 Å². The SMILES string of the molecule is CCS(=O)(=O)c1c(N)nsc1NCCC1CC1. The van der Waals surface area contributed by atoms with E-state index < -0.39 is 9.84 Å². The predicted octanol–water partition coefficient (Wildman–Crippen LogP) is 1.73. The van der Waals surface area contributed by atoms with Crippen LogP contribution in [-0.2, 0) is 9.84 Å². The summed E-state index contributed by atoms with van der Waals surface area (Å²) in [5.74, 6) is 0.984. The molecule has 7 heteroatoms. The summed E-state index contributed by atoms with van der Waals surface area (Å²) in [6.07, 6.45) is 3.68. The van der Waals surface area contributed by atoms with E-state index in [0.717, 1.165) is 30.4 Å². The average Bonchev–Trinajstić information content (AvgIpc) is 3.02. The third-order valence-electron chi connectivity index (χ3n) is 2.90. The predicted molar refractivity (Wildman–Crippen MR) is 70.1 cm³/mol. The molecule has 1 aliphatic carbocycles. The lowest BCUT2D eigenvalue weighted by Gasteiger charge is -2.06. The van der Waals surface area contributed by atoms with Crippen LogP contribution >= 0.6 is 11.5 Å². The third-order valence-corrected chi connectivity index (χ3v) is 5.64. The van der Waals surface area contributed by atoms with E-state index in [1.165, 1.54) is 12.8 Å². The number of anilines is 2. The molecule has 0 amide bonds. The summed E-state index contributed by atoms with van der Waals surface area (Å²) in [7, 11) is -3.29. The van der Waals surface area contributed by atoms with Crippen LogP contribution in [-0.4, -0.2) is 25.1 Å². The van der Waals surface area contributed by atoms with Crippen molar-refractivity contribution in [2.75, 3.05) is 23.3 Å². The summed E-state index contributed by atoms with van der Waals surface area (Å²) in [6, 6.07) is 0. The van der Waals surface area contributed by atoms with Gasteiger partial charge in [-0.2, -0.15) is 4.37 Å². The Kier molecular flexibility index (Phi) is 3.58. The van der Waals surface area contributed by atoms with Crippen molar-refractivity contribution in [3.8, 4) is 0 Å². The molecule has 0 atom stereocenters. The maximum Gasteiger partial charge on any atom is 0.184 e. The number of nitrogens with zero attached hydrogens (tertiary/aromatic N) is 1. The minimum absolute atomic E-state index is 0.0485. The molecule has 3 N–H and O–H groups in total. The highest BCUT2D eigenvalue weighted by atomic mass is 32.2. The van der Waals surface area contributed by atoms with E-state index in [1.54, 1.807) is 6.92 Å². The van der Waals surface area contributed by atoms with Crippen LogP contribution in [0.15, 0.2) is 4.90 Å². The molecule has 1 fully saturated rings. The molecule has 0 aromatic carbocycles. The third kappa shape index (κ3) is 2.90. The van der Waals surface area contributed by atoms with Gasteiger partial charge in [-0.3, -0.25) is 0 Å². The standard InChI is InChI=1S/C10H17N3O2S2/c1-2-17(14,15)8-9(11)13-16-10(8)12-6-5-7-3-4-7/h7,12H,2-6H2,1H3,(H2,11,13). The number of nitrogens with one attached hydrogen (secondary N) is 1. The van der Waals surface area contributed by atoms with Crippen LogP contribution in [0.1, 0.15) is 26.2 Å². The molecule has 1 aliphatic rings.